The predicted molar refractivity (Wildman–Crippen MR) is 82.6 cm³/mol. The van der Waals surface area contributed by atoms with Crippen molar-refractivity contribution >= 4 is 17.7 Å². The quantitative estimate of drug-likeness (QED) is 0.643. The molecule has 0 bridgehead atoms. The fourth-order valence-electron chi connectivity index (χ4n) is 2.61. The first kappa shape index (κ1) is 13.6. The van der Waals surface area contributed by atoms with E-state index in [1.165, 1.54) is 17.7 Å². The van der Waals surface area contributed by atoms with E-state index >= 15 is 0 Å². The van der Waals surface area contributed by atoms with Gasteiger partial charge in [0.25, 0.3) is 0 Å². The van der Waals surface area contributed by atoms with Crippen molar-refractivity contribution < 1.29 is 9.18 Å². The molecule has 0 amide bonds. The molecular weight excluding hydrogens is 265 g/mol. The highest BCUT2D eigenvalue weighted by Crippen LogP contribution is 2.31. The third-order valence-corrected chi connectivity index (χ3v) is 3.77. The second kappa shape index (κ2) is 5.92. The molecule has 1 atom stereocenters. The van der Waals surface area contributed by atoms with Crippen molar-refractivity contribution in [1.82, 2.24) is 0 Å². The van der Waals surface area contributed by atoms with E-state index in [1.54, 1.807) is 12.1 Å². The number of hydrogen-bond donors (Lipinski definition) is 1. The Labute approximate surface area is 123 Å². The van der Waals surface area contributed by atoms with Gasteiger partial charge in [-0.3, -0.25) is 4.79 Å². The number of rotatable bonds is 4. The van der Waals surface area contributed by atoms with Gasteiger partial charge in [-0.2, -0.15) is 0 Å². The number of anilines is 2. The summed E-state index contributed by atoms with van der Waals surface area (Å²) in [7, 11) is 0. The van der Waals surface area contributed by atoms with Crippen LogP contribution in [0.3, 0.4) is 0 Å². The second-order valence-corrected chi connectivity index (χ2v) is 5.21. The Morgan fingerprint density at radius 3 is 2.62 bits per heavy atom. The van der Waals surface area contributed by atoms with Crippen molar-refractivity contribution in [2.45, 2.75) is 18.8 Å². The molecule has 2 nitrogen and oxygen atoms in total. The van der Waals surface area contributed by atoms with Gasteiger partial charge in [-0.15, -0.1) is 0 Å². The summed E-state index contributed by atoms with van der Waals surface area (Å²) in [5.41, 5.74) is 3.32. The lowest BCUT2D eigenvalue weighted by Gasteiger charge is -2.14. The average Bonchev–Trinajstić information content (AvgIpc) is 3.04. The molecular formula is C18H16FNO. The summed E-state index contributed by atoms with van der Waals surface area (Å²) < 4.78 is 12.9. The van der Waals surface area contributed by atoms with Crippen molar-refractivity contribution in [3.8, 4) is 0 Å². The first-order valence-electron chi connectivity index (χ1n) is 7.04. The molecule has 1 aliphatic carbocycles. The predicted octanol–water partition coefficient (Wildman–Crippen LogP) is 4.82. The fourth-order valence-corrected chi connectivity index (χ4v) is 2.61. The summed E-state index contributed by atoms with van der Waals surface area (Å²) >= 11 is 0. The molecule has 21 heavy (non-hydrogen) atoms. The molecule has 0 spiro atoms. The van der Waals surface area contributed by atoms with Crippen molar-refractivity contribution in [1.29, 1.82) is 0 Å². The average molecular weight is 281 g/mol. The highest BCUT2D eigenvalue weighted by Gasteiger charge is 2.13. The number of nitrogens with one attached hydrogen (secondary N) is 1. The highest BCUT2D eigenvalue weighted by atomic mass is 19.1. The van der Waals surface area contributed by atoms with E-state index in [2.05, 4.69) is 17.5 Å². The molecule has 0 aliphatic heterocycles. The Morgan fingerprint density at radius 2 is 1.95 bits per heavy atom. The van der Waals surface area contributed by atoms with Crippen LogP contribution in [-0.4, -0.2) is 6.29 Å². The van der Waals surface area contributed by atoms with E-state index in [0.717, 1.165) is 30.5 Å². The van der Waals surface area contributed by atoms with Crippen LogP contribution >= 0.6 is 0 Å². The van der Waals surface area contributed by atoms with E-state index in [-0.39, 0.29) is 5.82 Å². The molecule has 0 saturated carbocycles. The van der Waals surface area contributed by atoms with Gasteiger partial charge in [0.05, 0.1) is 0 Å². The Balaban J connectivity index is 1.91. The fraction of sp³-hybridized carbons (Fsp3) is 0.167. The molecule has 1 unspecified atom stereocenters. The first-order valence-corrected chi connectivity index (χ1v) is 7.04. The summed E-state index contributed by atoms with van der Waals surface area (Å²) in [5, 5.41) is 3.19. The van der Waals surface area contributed by atoms with E-state index < -0.39 is 0 Å². The van der Waals surface area contributed by atoms with Gasteiger partial charge in [0.1, 0.15) is 5.82 Å². The van der Waals surface area contributed by atoms with Crippen LogP contribution in [0.5, 0.6) is 0 Å². The molecule has 106 valence electrons. The Hall–Kier alpha value is -2.42. The van der Waals surface area contributed by atoms with Gasteiger partial charge in [-0.05, 0) is 54.8 Å². The lowest BCUT2D eigenvalue weighted by molar-refractivity contribution is 0.112. The zero-order valence-electron chi connectivity index (χ0n) is 11.6. The van der Waals surface area contributed by atoms with Gasteiger partial charge in [-0.25, -0.2) is 4.39 Å². The van der Waals surface area contributed by atoms with Gasteiger partial charge < -0.3 is 5.32 Å². The van der Waals surface area contributed by atoms with Crippen LogP contribution in [0.2, 0.25) is 0 Å². The van der Waals surface area contributed by atoms with Crippen LogP contribution in [0.15, 0.2) is 54.6 Å². The number of hydrogen-bond acceptors (Lipinski definition) is 2. The van der Waals surface area contributed by atoms with Crippen molar-refractivity contribution in [3.05, 3.63) is 71.6 Å². The lowest BCUT2D eigenvalue weighted by atomic mass is 9.96. The molecule has 3 rings (SSSR count). The Bertz CT molecular complexity index is 676. The standard InChI is InChI=1S/C18H16FNO/c19-16-7-9-17(10-8-16)20-18-11-14(5-6-15(18)12-21)13-3-1-2-4-13/h1,3,5-13,20H,2,4H2. The third kappa shape index (κ3) is 3.02. The van der Waals surface area contributed by atoms with E-state index in [1.807, 2.05) is 18.2 Å². The van der Waals surface area contributed by atoms with Crippen LogP contribution in [0.25, 0.3) is 0 Å². The van der Waals surface area contributed by atoms with E-state index in [9.17, 15) is 9.18 Å². The van der Waals surface area contributed by atoms with E-state index in [0.29, 0.717) is 11.5 Å². The first-order chi connectivity index (χ1) is 10.3. The van der Waals surface area contributed by atoms with Gasteiger partial charge >= 0.3 is 0 Å². The van der Waals surface area contributed by atoms with Crippen molar-refractivity contribution in [2.24, 2.45) is 0 Å². The zero-order chi connectivity index (χ0) is 14.7. The van der Waals surface area contributed by atoms with Crippen molar-refractivity contribution in [3.63, 3.8) is 0 Å². The molecule has 3 heteroatoms. The summed E-state index contributed by atoms with van der Waals surface area (Å²) in [6.45, 7) is 0. The maximum absolute atomic E-state index is 12.9. The smallest absolute Gasteiger partial charge is 0.152 e. The molecule has 1 aliphatic rings. The normalized spacial score (nSPS) is 16.9. The van der Waals surface area contributed by atoms with E-state index in [4.69, 9.17) is 0 Å². The monoisotopic (exact) mass is 281 g/mol. The van der Waals surface area contributed by atoms with Crippen LogP contribution in [-0.2, 0) is 0 Å². The maximum Gasteiger partial charge on any atom is 0.152 e. The van der Waals surface area contributed by atoms with Crippen LogP contribution in [0.1, 0.15) is 34.7 Å². The zero-order valence-corrected chi connectivity index (χ0v) is 11.6. The minimum Gasteiger partial charge on any atom is -0.355 e. The molecule has 2 aromatic rings. The molecule has 2 aromatic carbocycles. The topological polar surface area (TPSA) is 29.1 Å². The molecule has 0 fully saturated rings. The summed E-state index contributed by atoms with van der Waals surface area (Å²) in [4.78, 5) is 11.2. The minimum atomic E-state index is -0.277. The number of benzene rings is 2. The van der Waals surface area contributed by atoms with Crippen LogP contribution in [0.4, 0.5) is 15.8 Å². The molecule has 0 radical (unpaired) electrons. The number of carbonyl (C=O) groups excluding carboxylic acids is 1. The Morgan fingerprint density at radius 1 is 1.14 bits per heavy atom. The third-order valence-electron chi connectivity index (χ3n) is 3.77. The minimum absolute atomic E-state index is 0.277. The lowest BCUT2D eigenvalue weighted by Crippen LogP contribution is -1.99. The van der Waals surface area contributed by atoms with Gasteiger partial charge in [-0.1, -0.05) is 18.2 Å². The number of aldehydes is 1. The molecule has 0 saturated heterocycles. The second-order valence-electron chi connectivity index (χ2n) is 5.21. The Kier molecular flexibility index (Phi) is 3.82. The van der Waals surface area contributed by atoms with Crippen LogP contribution < -0.4 is 5.32 Å². The summed E-state index contributed by atoms with van der Waals surface area (Å²) in [6, 6.07) is 11.9. The van der Waals surface area contributed by atoms with Gasteiger partial charge in [0.2, 0.25) is 0 Å². The molecule has 1 N–H and O–H groups in total. The number of halogens is 1. The number of carbonyl (C=O) groups is 1. The van der Waals surface area contributed by atoms with Gasteiger partial charge in [0.15, 0.2) is 6.29 Å². The summed E-state index contributed by atoms with van der Waals surface area (Å²) in [6.07, 6.45) is 7.43. The molecule has 0 heterocycles. The maximum atomic E-state index is 12.9. The van der Waals surface area contributed by atoms with Crippen molar-refractivity contribution in [2.75, 3.05) is 5.32 Å². The highest BCUT2D eigenvalue weighted by molar-refractivity contribution is 5.86. The largest absolute Gasteiger partial charge is 0.355 e. The summed E-state index contributed by atoms with van der Waals surface area (Å²) in [5.74, 6) is 0.139. The number of allylic oxidation sites excluding steroid dienone is 2. The SMILES string of the molecule is O=Cc1ccc(C2C=CCC2)cc1Nc1ccc(F)cc1. The van der Waals surface area contributed by atoms with Crippen LogP contribution in [0, 0.1) is 5.82 Å². The van der Waals surface area contributed by atoms with Gasteiger partial charge in [0, 0.05) is 22.9 Å². The molecule has 0 aromatic heterocycles.